The van der Waals surface area contributed by atoms with E-state index in [4.69, 9.17) is 9.84 Å². The molecule has 0 atom stereocenters. The Labute approximate surface area is 112 Å². The Morgan fingerprint density at radius 1 is 1.33 bits per heavy atom. The maximum Gasteiger partial charge on any atom is 0.339 e. The Kier molecular flexibility index (Phi) is 3.62. The van der Waals surface area contributed by atoms with Gasteiger partial charge in [0.2, 0.25) is 0 Å². The topological polar surface area (TPSA) is 59.4 Å². The zero-order valence-corrected chi connectivity index (χ0v) is 11.1. The molecule has 0 fully saturated rings. The van der Waals surface area contributed by atoms with E-state index in [0.717, 1.165) is 10.0 Å². The van der Waals surface area contributed by atoms with E-state index in [1.807, 2.05) is 19.1 Å². The van der Waals surface area contributed by atoms with Crippen molar-refractivity contribution < 1.29 is 14.6 Å². The Balaban J connectivity index is 2.40. The number of benzene rings is 1. The third kappa shape index (κ3) is 2.68. The zero-order chi connectivity index (χ0) is 13.1. The average Bonchev–Trinajstić information content (AvgIpc) is 2.34. The van der Waals surface area contributed by atoms with Crippen LogP contribution in [0.15, 0.2) is 41.1 Å². The van der Waals surface area contributed by atoms with Crippen LogP contribution < -0.4 is 4.74 Å². The van der Waals surface area contributed by atoms with Crippen LogP contribution in [0.1, 0.15) is 15.9 Å². The summed E-state index contributed by atoms with van der Waals surface area (Å²) in [4.78, 5) is 14.9. The summed E-state index contributed by atoms with van der Waals surface area (Å²) in [6, 6.07) is 6.97. The van der Waals surface area contributed by atoms with Gasteiger partial charge in [-0.1, -0.05) is 22.0 Å². The SMILES string of the molecule is Cc1ccc(Br)cc1Oc1cnccc1C(=O)O. The molecule has 4 nitrogen and oxygen atoms in total. The molecule has 1 aromatic carbocycles. The van der Waals surface area contributed by atoms with Gasteiger partial charge in [-0.25, -0.2) is 4.79 Å². The summed E-state index contributed by atoms with van der Waals surface area (Å²) >= 11 is 3.35. The largest absolute Gasteiger partial charge is 0.478 e. The number of rotatable bonds is 3. The van der Waals surface area contributed by atoms with E-state index in [0.29, 0.717) is 5.75 Å². The summed E-state index contributed by atoms with van der Waals surface area (Å²) in [5, 5.41) is 9.05. The second-order valence-electron chi connectivity index (χ2n) is 3.69. The van der Waals surface area contributed by atoms with E-state index in [2.05, 4.69) is 20.9 Å². The molecule has 0 spiro atoms. The zero-order valence-electron chi connectivity index (χ0n) is 9.55. The first-order valence-electron chi connectivity index (χ1n) is 5.19. The van der Waals surface area contributed by atoms with Crippen LogP contribution in [0.2, 0.25) is 0 Å². The Morgan fingerprint density at radius 3 is 2.83 bits per heavy atom. The number of nitrogens with zero attached hydrogens (tertiary/aromatic N) is 1. The van der Waals surface area contributed by atoms with Gasteiger partial charge in [-0.15, -0.1) is 0 Å². The van der Waals surface area contributed by atoms with Gasteiger partial charge in [-0.2, -0.15) is 0 Å². The number of hydrogen-bond donors (Lipinski definition) is 1. The summed E-state index contributed by atoms with van der Waals surface area (Å²) in [6.07, 6.45) is 2.81. The van der Waals surface area contributed by atoms with Crippen molar-refractivity contribution in [2.45, 2.75) is 6.92 Å². The summed E-state index contributed by atoms with van der Waals surface area (Å²) in [6.45, 7) is 1.89. The van der Waals surface area contributed by atoms with Gasteiger partial charge in [0.25, 0.3) is 0 Å². The van der Waals surface area contributed by atoms with Crippen molar-refractivity contribution in [1.82, 2.24) is 4.98 Å². The van der Waals surface area contributed by atoms with Gasteiger partial charge in [-0.05, 0) is 30.7 Å². The first-order valence-corrected chi connectivity index (χ1v) is 5.98. The molecule has 0 aliphatic heterocycles. The second kappa shape index (κ2) is 5.18. The van der Waals surface area contributed by atoms with E-state index in [-0.39, 0.29) is 11.3 Å². The Bertz CT molecular complexity index is 599. The van der Waals surface area contributed by atoms with Gasteiger partial charge in [-0.3, -0.25) is 4.98 Å². The van der Waals surface area contributed by atoms with E-state index in [9.17, 15) is 4.79 Å². The predicted molar refractivity (Wildman–Crippen MR) is 70.1 cm³/mol. The highest BCUT2D eigenvalue weighted by molar-refractivity contribution is 9.10. The molecule has 0 amide bonds. The molecule has 0 bridgehead atoms. The smallest absolute Gasteiger partial charge is 0.339 e. The fraction of sp³-hybridized carbons (Fsp3) is 0.0769. The third-order valence-electron chi connectivity index (χ3n) is 2.39. The molecular formula is C13H10BrNO3. The second-order valence-corrected chi connectivity index (χ2v) is 4.60. The number of hydrogen-bond acceptors (Lipinski definition) is 3. The maximum absolute atomic E-state index is 11.0. The molecule has 92 valence electrons. The van der Waals surface area contributed by atoms with Crippen LogP contribution in [0.4, 0.5) is 0 Å². The number of halogens is 1. The van der Waals surface area contributed by atoms with Gasteiger partial charge >= 0.3 is 5.97 Å². The molecule has 0 saturated heterocycles. The lowest BCUT2D eigenvalue weighted by atomic mass is 10.2. The number of ether oxygens (including phenoxy) is 1. The molecule has 0 aliphatic carbocycles. The molecular weight excluding hydrogens is 298 g/mol. The fourth-order valence-electron chi connectivity index (χ4n) is 1.44. The molecule has 1 heterocycles. The summed E-state index contributed by atoms with van der Waals surface area (Å²) in [5.74, 6) is -0.217. The van der Waals surface area contributed by atoms with Crippen molar-refractivity contribution in [2.24, 2.45) is 0 Å². The van der Waals surface area contributed by atoms with E-state index >= 15 is 0 Å². The fourth-order valence-corrected chi connectivity index (χ4v) is 1.78. The molecule has 1 N–H and O–H groups in total. The highest BCUT2D eigenvalue weighted by Crippen LogP contribution is 2.29. The monoisotopic (exact) mass is 307 g/mol. The minimum absolute atomic E-state index is 0.0874. The average molecular weight is 308 g/mol. The number of aromatic nitrogens is 1. The first-order chi connectivity index (χ1) is 8.58. The number of aromatic carboxylic acids is 1. The lowest BCUT2D eigenvalue weighted by Crippen LogP contribution is -2.00. The van der Waals surface area contributed by atoms with E-state index in [1.165, 1.54) is 18.5 Å². The van der Waals surface area contributed by atoms with Crippen LogP contribution in [-0.4, -0.2) is 16.1 Å². The van der Waals surface area contributed by atoms with Gasteiger partial charge in [0, 0.05) is 10.7 Å². The molecule has 2 rings (SSSR count). The van der Waals surface area contributed by atoms with Crippen LogP contribution in [0.5, 0.6) is 11.5 Å². The van der Waals surface area contributed by atoms with E-state index in [1.54, 1.807) is 6.07 Å². The Morgan fingerprint density at radius 2 is 2.11 bits per heavy atom. The lowest BCUT2D eigenvalue weighted by Gasteiger charge is -2.10. The molecule has 1 aromatic heterocycles. The summed E-state index contributed by atoms with van der Waals surface area (Å²) in [5.41, 5.74) is 1.00. The Hall–Kier alpha value is -1.88. The van der Waals surface area contributed by atoms with Crippen molar-refractivity contribution >= 4 is 21.9 Å². The molecule has 18 heavy (non-hydrogen) atoms. The van der Waals surface area contributed by atoms with Gasteiger partial charge < -0.3 is 9.84 Å². The third-order valence-corrected chi connectivity index (χ3v) is 2.88. The van der Waals surface area contributed by atoms with Crippen LogP contribution in [0.3, 0.4) is 0 Å². The standard InChI is InChI=1S/C13H10BrNO3/c1-8-2-3-9(14)6-11(8)18-12-7-15-5-4-10(12)13(16)17/h2-7H,1H3,(H,16,17). The van der Waals surface area contributed by atoms with Gasteiger partial charge in [0.15, 0.2) is 5.75 Å². The van der Waals surface area contributed by atoms with E-state index < -0.39 is 5.97 Å². The predicted octanol–water partition coefficient (Wildman–Crippen LogP) is 3.64. The van der Waals surface area contributed by atoms with Crippen molar-refractivity contribution in [3.8, 4) is 11.5 Å². The molecule has 2 aromatic rings. The highest BCUT2D eigenvalue weighted by atomic mass is 79.9. The van der Waals surface area contributed by atoms with Crippen molar-refractivity contribution in [3.63, 3.8) is 0 Å². The number of carbonyl (C=O) groups is 1. The minimum Gasteiger partial charge on any atom is -0.478 e. The van der Waals surface area contributed by atoms with Crippen LogP contribution in [0.25, 0.3) is 0 Å². The van der Waals surface area contributed by atoms with Crippen molar-refractivity contribution in [1.29, 1.82) is 0 Å². The number of pyridine rings is 1. The molecule has 0 saturated carbocycles. The van der Waals surface area contributed by atoms with Crippen LogP contribution >= 0.6 is 15.9 Å². The lowest BCUT2D eigenvalue weighted by molar-refractivity contribution is 0.0694. The number of carboxylic acid groups (broad SMARTS) is 1. The quantitative estimate of drug-likeness (QED) is 0.940. The normalized spacial score (nSPS) is 10.1. The maximum atomic E-state index is 11.0. The van der Waals surface area contributed by atoms with Gasteiger partial charge in [0.05, 0.1) is 6.20 Å². The van der Waals surface area contributed by atoms with Crippen LogP contribution in [-0.2, 0) is 0 Å². The highest BCUT2D eigenvalue weighted by Gasteiger charge is 2.12. The van der Waals surface area contributed by atoms with Crippen molar-refractivity contribution in [2.75, 3.05) is 0 Å². The van der Waals surface area contributed by atoms with Crippen molar-refractivity contribution in [3.05, 3.63) is 52.3 Å². The first kappa shape index (κ1) is 12.6. The molecule has 5 heteroatoms. The number of aryl methyl sites for hydroxylation is 1. The molecule has 0 aliphatic rings. The number of carboxylic acids is 1. The molecule has 0 unspecified atom stereocenters. The molecule has 0 radical (unpaired) electrons. The minimum atomic E-state index is -1.04. The van der Waals surface area contributed by atoms with Gasteiger partial charge in [0.1, 0.15) is 11.3 Å². The summed E-state index contributed by atoms with van der Waals surface area (Å²) < 4.78 is 6.47. The summed E-state index contributed by atoms with van der Waals surface area (Å²) in [7, 11) is 0. The van der Waals surface area contributed by atoms with Crippen LogP contribution in [0, 0.1) is 6.92 Å².